The molecule has 0 radical (unpaired) electrons. The molecule has 2 N–H and O–H groups in total. The van der Waals surface area contributed by atoms with E-state index in [0.717, 1.165) is 0 Å². The molecule has 0 aromatic rings. The predicted molar refractivity (Wildman–Crippen MR) is 117 cm³/mol. The molecule has 0 amide bonds. The Kier molecular flexibility index (Phi) is 5.06. The van der Waals surface area contributed by atoms with E-state index in [4.69, 9.17) is 17.0 Å². The standard InChI is InChI=1S/C24H31FO5S/c1-5-19(28)30-24(20(29)31)13(2)10-17-16-7-6-14-11-15(26)8-9-21(14,3)23(16,25)18(27)12-22(17,24)4/h8-9,11,13,16-18,27H,5-7,10,12H2,1-4H3,(H,29,31)/t13-,16-,17-,18-,21-,22-,23-,24-/m0/s1. The van der Waals surface area contributed by atoms with Crippen molar-refractivity contribution < 1.29 is 28.9 Å². The van der Waals surface area contributed by atoms with Gasteiger partial charge in [-0.1, -0.05) is 32.4 Å². The van der Waals surface area contributed by atoms with E-state index in [9.17, 15) is 19.8 Å². The summed E-state index contributed by atoms with van der Waals surface area (Å²) in [6.45, 7) is 7.17. The predicted octanol–water partition coefficient (Wildman–Crippen LogP) is 4.18. The molecule has 5 nitrogen and oxygen atoms in total. The topological polar surface area (TPSA) is 83.8 Å². The number of aliphatic hydroxyl groups excluding tert-OH is 2. The van der Waals surface area contributed by atoms with Gasteiger partial charge in [0.05, 0.1) is 6.10 Å². The Bertz CT molecular complexity index is 914. The summed E-state index contributed by atoms with van der Waals surface area (Å²) in [5.41, 5.74) is -4.69. The highest BCUT2D eigenvalue weighted by molar-refractivity contribution is 7.80. The molecule has 0 unspecified atom stereocenters. The van der Waals surface area contributed by atoms with Crippen molar-refractivity contribution in [1.29, 1.82) is 0 Å². The second-order valence-corrected chi connectivity index (χ2v) is 10.7. The summed E-state index contributed by atoms with van der Waals surface area (Å²) in [5, 5.41) is 21.6. The highest BCUT2D eigenvalue weighted by Crippen LogP contribution is 2.71. The van der Waals surface area contributed by atoms with Crippen LogP contribution in [0, 0.1) is 28.6 Å². The van der Waals surface area contributed by atoms with Gasteiger partial charge >= 0.3 is 5.97 Å². The van der Waals surface area contributed by atoms with E-state index in [1.54, 1.807) is 19.9 Å². The lowest BCUT2D eigenvalue weighted by Gasteiger charge is -2.62. The molecule has 31 heavy (non-hydrogen) atoms. The van der Waals surface area contributed by atoms with E-state index >= 15 is 4.39 Å². The van der Waals surface area contributed by atoms with Gasteiger partial charge in [-0.05, 0) is 62.9 Å². The van der Waals surface area contributed by atoms with Crippen LogP contribution < -0.4 is 0 Å². The van der Waals surface area contributed by atoms with Crippen LogP contribution in [0.5, 0.6) is 0 Å². The van der Waals surface area contributed by atoms with Crippen molar-refractivity contribution in [2.75, 3.05) is 0 Å². The number of ether oxygens (including phenoxy) is 1. The number of thiocarbonyl (C=S) groups is 1. The molecule has 0 aromatic heterocycles. The van der Waals surface area contributed by atoms with Crippen molar-refractivity contribution in [2.24, 2.45) is 28.6 Å². The number of rotatable bonds is 3. The molecule has 4 aliphatic carbocycles. The van der Waals surface area contributed by atoms with E-state index in [0.29, 0.717) is 24.8 Å². The van der Waals surface area contributed by atoms with Crippen molar-refractivity contribution in [3.63, 3.8) is 0 Å². The molecule has 170 valence electrons. The molecule has 7 heteroatoms. The Balaban J connectivity index is 1.84. The van der Waals surface area contributed by atoms with Gasteiger partial charge in [0.2, 0.25) is 5.05 Å². The molecule has 0 spiro atoms. The summed E-state index contributed by atoms with van der Waals surface area (Å²) >= 11 is 5.24. The van der Waals surface area contributed by atoms with Crippen LogP contribution in [0.1, 0.15) is 59.8 Å². The monoisotopic (exact) mass is 450 g/mol. The van der Waals surface area contributed by atoms with Crippen LogP contribution in [0.15, 0.2) is 23.8 Å². The van der Waals surface area contributed by atoms with E-state index < -0.39 is 45.1 Å². The lowest BCUT2D eigenvalue weighted by atomic mass is 9.45. The number of allylic oxidation sites excluding steroid dienone is 4. The van der Waals surface area contributed by atoms with Gasteiger partial charge in [-0.3, -0.25) is 9.59 Å². The Labute approximate surface area is 187 Å². The second-order valence-electron chi connectivity index (χ2n) is 10.3. The largest absolute Gasteiger partial charge is 0.499 e. The molecule has 8 atom stereocenters. The average Bonchev–Trinajstić information content (AvgIpc) is 2.91. The molecule has 4 rings (SSSR count). The van der Waals surface area contributed by atoms with Crippen molar-refractivity contribution in [1.82, 2.24) is 0 Å². The Hall–Kier alpha value is -1.60. The van der Waals surface area contributed by atoms with Gasteiger partial charge < -0.3 is 14.9 Å². The summed E-state index contributed by atoms with van der Waals surface area (Å²) in [4.78, 5) is 24.3. The molecule has 0 saturated heterocycles. The molecule has 0 bridgehead atoms. The SMILES string of the molecule is CCC(=O)O[C@]1(C(O)=S)[C@@H](C)C[C@H]2[C@@H]3CCC4=CC(=O)C=C[C@]4(C)[C@@]3(F)[C@@H](O)C[C@@]21C. The lowest BCUT2D eigenvalue weighted by molar-refractivity contribution is -0.217. The molecule has 0 aliphatic heterocycles. The maximum absolute atomic E-state index is 17.1. The summed E-state index contributed by atoms with van der Waals surface area (Å²) in [6, 6.07) is 0. The third-order valence-electron chi connectivity index (χ3n) is 9.06. The van der Waals surface area contributed by atoms with Crippen molar-refractivity contribution >= 4 is 29.0 Å². The first-order chi connectivity index (χ1) is 14.4. The quantitative estimate of drug-likeness (QED) is 0.496. The second kappa shape index (κ2) is 6.95. The number of hydrogen-bond donors (Lipinski definition) is 2. The fraction of sp³-hybridized carbons (Fsp3) is 0.708. The molecule has 0 heterocycles. The van der Waals surface area contributed by atoms with Gasteiger partial charge in [0, 0.05) is 29.1 Å². The number of halogens is 1. The summed E-state index contributed by atoms with van der Waals surface area (Å²) in [5.74, 6) is -1.74. The van der Waals surface area contributed by atoms with Crippen molar-refractivity contribution in [3.05, 3.63) is 23.8 Å². The van der Waals surface area contributed by atoms with Gasteiger partial charge in [-0.15, -0.1) is 0 Å². The smallest absolute Gasteiger partial charge is 0.306 e. The molecule has 4 aliphatic rings. The number of fused-ring (bicyclic) bond motifs is 5. The minimum absolute atomic E-state index is 0.00262. The average molecular weight is 451 g/mol. The van der Waals surface area contributed by atoms with Crippen LogP contribution in [0.25, 0.3) is 0 Å². The summed E-state index contributed by atoms with van der Waals surface area (Å²) in [7, 11) is 0. The molecule has 3 fully saturated rings. The minimum Gasteiger partial charge on any atom is -0.499 e. The van der Waals surface area contributed by atoms with Crippen molar-refractivity contribution in [2.45, 2.75) is 77.2 Å². The molecular weight excluding hydrogens is 419 g/mol. The number of aliphatic hydroxyl groups is 2. The number of carbonyl (C=O) groups excluding carboxylic acids is 2. The maximum atomic E-state index is 17.1. The normalized spacial score (nSPS) is 48.3. The zero-order valence-corrected chi connectivity index (χ0v) is 19.3. The first kappa shape index (κ1) is 22.6. The maximum Gasteiger partial charge on any atom is 0.306 e. The molecular formula is C24H31FO5S. The minimum atomic E-state index is -1.97. The van der Waals surface area contributed by atoms with Gasteiger partial charge in [0.25, 0.3) is 0 Å². The van der Waals surface area contributed by atoms with E-state index in [1.807, 2.05) is 13.8 Å². The highest BCUT2D eigenvalue weighted by Gasteiger charge is 2.76. The van der Waals surface area contributed by atoms with Crippen LogP contribution in [0.4, 0.5) is 4.39 Å². The summed E-state index contributed by atoms with van der Waals surface area (Å²) in [6.07, 6.45) is 4.81. The van der Waals surface area contributed by atoms with Crippen LogP contribution >= 0.6 is 12.2 Å². The first-order valence-corrected chi connectivity index (χ1v) is 11.6. The van der Waals surface area contributed by atoms with Gasteiger partial charge in [0.1, 0.15) is 0 Å². The first-order valence-electron chi connectivity index (χ1n) is 11.1. The van der Waals surface area contributed by atoms with Crippen LogP contribution in [-0.2, 0) is 14.3 Å². The van der Waals surface area contributed by atoms with Gasteiger partial charge in [-0.2, -0.15) is 0 Å². The number of carbonyl (C=O) groups is 2. The molecule has 0 aromatic carbocycles. The lowest BCUT2D eigenvalue weighted by Crippen LogP contribution is -2.69. The third-order valence-corrected chi connectivity index (χ3v) is 9.37. The highest BCUT2D eigenvalue weighted by atomic mass is 32.1. The molecule has 3 saturated carbocycles. The van der Waals surface area contributed by atoms with Crippen LogP contribution in [-0.4, -0.2) is 44.4 Å². The van der Waals surface area contributed by atoms with E-state index in [-0.39, 0.29) is 30.5 Å². The third kappa shape index (κ3) is 2.59. The zero-order valence-electron chi connectivity index (χ0n) is 18.5. The number of hydrogen-bond acceptors (Lipinski definition) is 5. The van der Waals surface area contributed by atoms with Crippen LogP contribution in [0.3, 0.4) is 0 Å². The number of alkyl halides is 1. The number of ketones is 1. The Morgan fingerprint density at radius 2 is 2.03 bits per heavy atom. The number of esters is 1. The Morgan fingerprint density at radius 3 is 2.65 bits per heavy atom. The van der Waals surface area contributed by atoms with Gasteiger partial charge in [-0.25, -0.2) is 4.39 Å². The Morgan fingerprint density at radius 1 is 1.35 bits per heavy atom. The van der Waals surface area contributed by atoms with Crippen LogP contribution in [0.2, 0.25) is 0 Å². The summed E-state index contributed by atoms with van der Waals surface area (Å²) < 4.78 is 23.0. The van der Waals surface area contributed by atoms with E-state index in [2.05, 4.69) is 0 Å². The zero-order chi connectivity index (χ0) is 23.0. The fourth-order valence-electron chi connectivity index (χ4n) is 7.50. The van der Waals surface area contributed by atoms with E-state index in [1.165, 1.54) is 12.2 Å². The van der Waals surface area contributed by atoms with Gasteiger partial charge in [0.15, 0.2) is 17.1 Å². The van der Waals surface area contributed by atoms with Crippen molar-refractivity contribution in [3.8, 4) is 0 Å². The fourth-order valence-corrected chi connectivity index (χ4v) is 7.98.